The van der Waals surface area contributed by atoms with Crippen LogP contribution < -0.4 is 16.0 Å². The smallest absolute Gasteiger partial charge is 0.251 e. The average molecular weight is 377 g/mol. The van der Waals surface area contributed by atoms with Gasteiger partial charge in [-0.3, -0.25) is 14.4 Å². The lowest BCUT2D eigenvalue weighted by Gasteiger charge is -2.24. The molecule has 2 aromatic rings. The third-order valence-electron chi connectivity index (χ3n) is 5.15. The van der Waals surface area contributed by atoms with Gasteiger partial charge in [-0.05, 0) is 55.5 Å². The second-order valence-corrected chi connectivity index (χ2v) is 7.46. The molecule has 3 N–H and O–H groups in total. The topological polar surface area (TPSA) is 87.3 Å². The molecular formula is C22H23N3O3. The van der Waals surface area contributed by atoms with Crippen LogP contribution in [0.3, 0.4) is 0 Å². The highest BCUT2D eigenvalue weighted by molar-refractivity contribution is 5.98. The molecular weight excluding hydrogens is 354 g/mol. The van der Waals surface area contributed by atoms with Crippen LogP contribution in [0, 0.1) is 5.92 Å². The zero-order chi connectivity index (χ0) is 19.5. The lowest BCUT2D eigenvalue weighted by atomic mass is 9.89. The highest BCUT2D eigenvalue weighted by Gasteiger charge is 2.26. The van der Waals surface area contributed by atoms with Crippen molar-refractivity contribution in [2.45, 2.75) is 38.1 Å². The molecule has 1 atom stereocenters. The third-order valence-corrected chi connectivity index (χ3v) is 5.15. The molecule has 6 nitrogen and oxygen atoms in total. The molecule has 0 bridgehead atoms. The zero-order valence-corrected chi connectivity index (χ0v) is 15.5. The first-order valence-corrected chi connectivity index (χ1v) is 9.68. The number of benzene rings is 2. The van der Waals surface area contributed by atoms with E-state index in [0.29, 0.717) is 24.1 Å². The molecule has 2 aliphatic rings. The van der Waals surface area contributed by atoms with Gasteiger partial charge in [0.05, 0.1) is 0 Å². The maximum atomic E-state index is 12.3. The highest BCUT2D eigenvalue weighted by Crippen LogP contribution is 2.27. The Morgan fingerprint density at radius 1 is 1.07 bits per heavy atom. The lowest BCUT2D eigenvalue weighted by molar-refractivity contribution is -0.121. The molecule has 4 rings (SSSR count). The molecule has 1 aliphatic heterocycles. The quantitative estimate of drug-likeness (QED) is 0.723. The molecule has 28 heavy (non-hydrogen) atoms. The lowest BCUT2D eigenvalue weighted by Crippen LogP contribution is -2.30. The maximum absolute atomic E-state index is 12.3. The van der Waals surface area contributed by atoms with E-state index in [9.17, 15) is 14.4 Å². The number of amides is 3. The van der Waals surface area contributed by atoms with Gasteiger partial charge in [0.1, 0.15) is 0 Å². The van der Waals surface area contributed by atoms with E-state index >= 15 is 0 Å². The van der Waals surface area contributed by atoms with Crippen LogP contribution in [0.4, 0.5) is 11.4 Å². The molecule has 0 spiro atoms. The van der Waals surface area contributed by atoms with E-state index in [-0.39, 0.29) is 36.1 Å². The normalized spacial score (nSPS) is 18.0. The number of anilines is 2. The van der Waals surface area contributed by atoms with Crippen LogP contribution in [0.25, 0.3) is 0 Å². The van der Waals surface area contributed by atoms with Crippen molar-refractivity contribution in [3.63, 3.8) is 0 Å². The molecule has 0 unspecified atom stereocenters. The first-order valence-electron chi connectivity index (χ1n) is 9.68. The zero-order valence-electron chi connectivity index (χ0n) is 15.5. The molecule has 0 saturated heterocycles. The van der Waals surface area contributed by atoms with E-state index in [0.717, 1.165) is 24.1 Å². The van der Waals surface area contributed by atoms with E-state index < -0.39 is 0 Å². The summed E-state index contributed by atoms with van der Waals surface area (Å²) in [7, 11) is 0. The molecule has 1 fully saturated rings. The molecule has 0 radical (unpaired) electrons. The van der Waals surface area contributed by atoms with Crippen molar-refractivity contribution >= 4 is 29.1 Å². The van der Waals surface area contributed by atoms with Crippen molar-refractivity contribution in [2.24, 2.45) is 5.92 Å². The fraction of sp³-hybridized carbons (Fsp3) is 0.318. The predicted octanol–water partition coefficient (Wildman–Crippen LogP) is 3.11. The summed E-state index contributed by atoms with van der Waals surface area (Å²) in [5, 5.41) is 8.67. The minimum atomic E-state index is -0.212. The SMILES string of the molecule is O=C(CC[C@H]1Cc2ccccc2NC1=O)Nc1cccc(C(=O)NC2CC2)c1. The summed E-state index contributed by atoms with van der Waals surface area (Å²) in [6.07, 6.45) is 3.43. The molecule has 2 aromatic carbocycles. The Morgan fingerprint density at radius 2 is 1.89 bits per heavy atom. The van der Waals surface area contributed by atoms with Gasteiger partial charge in [-0.1, -0.05) is 24.3 Å². The largest absolute Gasteiger partial charge is 0.349 e. The Morgan fingerprint density at radius 3 is 2.71 bits per heavy atom. The first kappa shape index (κ1) is 18.2. The van der Waals surface area contributed by atoms with Crippen molar-refractivity contribution in [2.75, 3.05) is 10.6 Å². The fourth-order valence-electron chi connectivity index (χ4n) is 3.41. The van der Waals surface area contributed by atoms with Gasteiger partial charge in [0, 0.05) is 35.3 Å². The van der Waals surface area contributed by atoms with Crippen molar-refractivity contribution in [1.82, 2.24) is 5.32 Å². The van der Waals surface area contributed by atoms with Crippen LogP contribution >= 0.6 is 0 Å². The number of carbonyl (C=O) groups is 3. The first-order chi connectivity index (χ1) is 13.6. The second kappa shape index (κ2) is 7.84. The molecule has 1 saturated carbocycles. The summed E-state index contributed by atoms with van der Waals surface area (Å²) < 4.78 is 0. The van der Waals surface area contributed by atoms with Gasteiger partial charge in [-0.15, -0.1) is 0 Å². The van der Waals surface area contributed by atoms with E-state index in [2.05, 4.69) is 16.0 Å². The van der Waals surface area contributed by atoms with Crippen LogP contribution in [0.5, 0.6) is 0 Å². The van der Waals surface area contributed by atoms with Crippen LogP contribution in [0.15, 0.2) is 48.5 Å². The maximum Gasteiger partial charge on any atom is 0.251 e. The van der Waals surface area contributed by atoms with E-state index in [1.54, 1.807) is 24.3 Å². The van der Waals surface area contributed by atoms with Crippen molar-refractivity contribution in [3.8, 4) is 0 Å². The number of nitrogens with one attached hydrogen (secondary N) is 3. The van der Waals surface area contributed by atoms with Gasteiger partial charge in [0.15, 0.2) is 0 Å². The summed E-state index contributed by atoms with van der Waals surface area (Å²) >= 11 is 0. The van der Waals surface area contributed by atoms with Gasteiger partial charge < -0.3 is 16.0 Å². The molecule has 144 valence electrons. The molecule has 1 aliphatic carbocycles. The summed E-state index contributed by atoms with van der Waals surface area (Å²) in [4.78, 5) is 36.7. The van der Waals surface area contributed by atoms with E-state index in [1.165, 1.54) is 0 Å². The van der Waals surface area contributed by atoms with Gasteiger partial charge in [0.2, 0.25) is 11.8 Å². The van der Waals surface area contributed by atoms with Crippen LogP contribution in [0.1, 0.15) is 41.6 Å². The molecule has 0 aromatic heterocycles. The van der Waals surface area contributed by atoms with Crippen molar-refractivity contribution in [3.05, 3.63) is 59.7 Å². The standard InChI is InChI=1S/C22H23N3O3/c26-20(11-8-16-12-14-4-1-2-7-19(14)25-22(16)28)23-18-6-3-5-15(13-18)21(27)24-17-9-10-17/h1-7,13,16-17H,8-12H2,(H,23,26)(H,24,27)(H,25,28)/t16-/m0/s1. The summed E-state index contributed by atoms with van der Waals surface area (Å²) in [6.45, 7) is 0. The average Bonchev–Trinajstić information content (AvgIpc) is 3.50. The second-order valence-electron chi connectivity index (χ2n) is 7.46. The third kappa shape index (κ3) is 4.39. The Kier molecular flexibility index (Phi) is 5.10. The number of para-hydroxylation sites is 1. The van der Waals surface area contributed by atoms with Gasteiger partial charge in [-0.2, -0.15) is 0 Å². The highest BCUT2D eigenvalue weighted by atomic mass is 16.2. The van der Waals surface area contributed by atoms with E-state index in [4.69, 9.17) is 0 Å². The Labute approximate surface area is 163 Å². The minimum absolute atomic E-state index is 0.0368. The summed E-state index contributed by atoms with van der Waals surface area (Å²) in [6, 6.07) is 15.0. The monoisotopic (exact) mass is 377 g/mol. The molecule has 6 heteroatoms. The number of hydrogen-bond donors (Lipinski definition) is 3. The number of fused-ring (bicyclic) bond motifs is 1. The van der Waals surface area contributed by atoms with Gasteiger partial charge in [-0.25, -0.2) is 0 Å². The number of rotatable bonds is 6. The fourth-order valence-corrected chi connectivity index (χ4v) is 3.41. The van der Waals surface area contributed by atoms with E-state index in [1.807, 2.05) is 24.3 Å². The summed E-state index contributed by atoms with van der Waals surface area (Å²) in [5.74, 6) is -0.524. The molecule has 1 heterocycles. The van der Waals surface area contributed by atoms with Crippen molar-refractivity contribution in [1.29, 1.82) is 0 Å². The van der Waals surface area contributed by atoms with Crippen molar-refractivity contribution < 1.29 is 14.4 Å². The van der Waals surface area contributed by atoms with Gasteiger partial charge >= 0.3 is 0 Å². The molecule has 3 amide bonds. The minimum Gasteiger partial charge on any atom is -0.349 e. The van der Waals surface area contributed by atoms with Crippen LogP contribution in [0.2, 0.25) is 0 Å². The van der Waals surface area contributed by atoms with Crippen LogP contribution in [-0.4, -0.2) is 23.8 Å². The Bertz CT molecular complexity index is 921. The number of carbonyl (C=O) groups excluding carboxylic acids is 3. The Hall–Kier alpha value is -3.15. The predicted molar refractivity (Wildman–Crippen MR) is 107 cm³/mol. The number of hydrogen-bond acceptors (Lipinski definition) is 3. The summed E-state index contributed by atoms with van der Waals surface area (Å²) in [5.41, 5.74) is 3.08. The van der Waals surface area contributed by atoms with Crippen LogP contribution in [-0.2, 0) is 16.0 Å². The van der Waals surface area contributed by atoms with Gasteiger partial charge in [0.25, 0.3) is 5.91 Å². The Balaban J connectivity index is 1.31.